The van der Waals surface area contributed by atoms with Crippen LogP contribution in [-0.2, 0) is 11.2 Å². The highest BCUT2D eigenvalue weighted by Gasteiger charge is 2.38. The van der Waals surface area contributed by atoms with Gasteiger partial charge in [-0.15, -0.1) is 0 Å². The maximum atomic E-state index is 12.9. The smallest absolute Gasteiger partial charge is 0.117 e. The van der Waals surface area contributed by atoms with E-state index < -0.39 is 6.29 Å². The molecule has 1 aliphatic carbocycles. The van der Waals surface area contributed by atoms with Crippen LogP contribution in [0.2, 0.25) is 0 Å². The summed E-state index contributed by atoms with van der Waals surface area (Å²) < 4.78 is 11.8. The third-order valence-corrected chi connectivity index (χ3v) is 6.50. The van der Waals surface area contributed by atoms with Crippen molar-refractivity contribution in [2.45, 2.75) is 64.8 Å². The average molecular weight is 373 g/mol. The van der Waals surface area contributed by atoms with Gasteiger partial charge in [-0.1, -0.05) is 38.5 Å². The number of ether oxygens (including phenoxy) is 2. The first kappa shape index (κ1) is 20.2. The van der Waals surface area contributed by atoms with Gasteiger partial charge in [0.2, 0.25) is 0 Å². The zero-order valence-electron chi connectivity index (χ0n) is 16.7. The summed E-state index contributed by atoms with van der Waals surface area (Å²) in [4.78, 5) is 0. The first-order valence-electron chi connectivity index (χ1n) is 10.4. The Hall–Kier alpha value is -1.52. The molecule has 0 spiro atoms. The van der Waals surface area contributed by atoms with Crippen LogP contribution in [0, 0.1) is 23.7 Å². The van der Waals surface area contributed by atoms with E-state index in [1.165, 1.54) is 19.3 Å². The van der Waals surface area contributed by atoms with Crippen LogP contribution in [0.1, 0.15) is 51.5 Å². The second kappa shape index (κ2) is 9.11. The number of rotatable bonds is 6. The van der Waals surface area contributed by atoms with Gasteiger partial charge in [0.05, 0.1) is 12.7 Å². The van der Waals surface area contributed by atoms with Gasteiger partial charge in [0.15, 0.2) is 0 Å². The minimum Gasteiger partial charge on any atom is -0.821 e. The van der Waals surface area contributed by atoms with E-state index in [-0.39, 0.29) is 5.92 Å². The van der Waals surface area contributed by atoms with Crippen LogP contribution in [0.3, 0.4) is 0 Å². The third kappa shape index (κ3) is 5.26. The first-order chi connectivity index (χ1) is 12.9. The normalized spacial score (nSPS) is 30.6. The van der Waals surface area contributed by atoms with Gasteiger partial charge in [0, 0.05) is 18.4 Å². The summed E-state index contributed by atoms with van der Waals surface area (Å²) in [6, 6.07) is 7.61. The molecule has 0 bridgehead atoms. The second-order valence-corrected chi connectivity index (χ2v) is 8.56. The van der Waals surface area contributed by atoms with Crippen molar-refractivity contribution in [1.82, 2.24) is 0 Å². The Morgan fingerprint density at radius 2 is 2.00 bits per heavy atom. The second-order valence-electron chi connectivity index (χ2n) is 8.56. The van der Waals surface area contributed by atoms with Crippen LogP contribution in [0.4, 0.5) is 0 Å². The van der Waals surface area contributed by atoms with Crippen molar-refractivity contribution in [3.63, 3.8) is 0 Å². The van der Waals surface area contributed by atoms with E-state index in [0.29, 0.717) is 41.7 Å². The molecule has 150 valence electrons. The molecule has 0 radical (unpaired) electrons. The predicted octanol–water partition coefficient (Wildman–Crippen LogP) is 3.63. The fourth-order valence-electron chi connectivity index (χ4n) is 4.86. The molecular formula is C23H34NO3-. The lowest BCUT2D eigenvalue weighted by atomic mass is 9.66. The molecule has 1 saturated heterocycles. The highest BCUT2D eigenvalue weighted by molar-refractivity contribution is 5.29. The average Bonchev–Trinajstić information content (AvgIpc) is 2.84. The van der Waals surface area contributed by atoms with Crippen LogP contribution in [0.5, 0.6) is 5.75 Å². The van der Waals surface area contributed by atoms with E-state index in [1.54, 1.807) is 0 Å². The molecule has 6 atom stereocenters. The molecule has 2 unspecified atom stereocenters. The number of allylic oxidation sites excluding steroid dienone is 1. The van der Waals surface area contributed by atoms with Gasteiger partial charge in [-0.2, -0.15) is 0 Å². The van der Waals surface area contributed by atoms with Crippen molar-refractivity contribution in [3.05, 3.63) is 42.1 Å². The minimum atomic E-state index is -1.05. The Labute approximate surface area is 163 Å². The Kier molecular flexibility index (Phi) is 6.83. The SMILES string of the molecule is C=C(N)Cc1ccc(O[C@@H]([O-])[C@H](C)[C@@H]2CCC[C@@H]3CCC(C)OCC32)cc1. The van der Waals surface area contributed by atoms with E-state index in [2.05, 4.69) is 20.4 Å². The molecule has 4 nitrogen and oxygen atoms in total. The summed E-state index contributed by atoms with van der Waals surface area (Å²) in [5.41, 5.74) is 7.36. The number of benzene rings is 1. The van der Waals surface area contributed by atoms with Gasteiger partial charge in [0.25, 0.3) is 0 Å². The van der Waals surface area contributed by atoms with Gasteiger partial charge in [0.1, 0.15) is 5.75 Å². The number of hydrogen-bond acceptors (Lipinski definition) is 4. The van der Waals surface area contributed by atoms with Crippen molar-refractivity contribution < 1.29 is 14.6 Å². The lowest BCUT2D eigenvalue weighted by molar-refractivity contribution is -0.489. The fraction of sp³-hybridized carbons (Fsp3) is 0.652. The molecule has 1 aliphatic heterocycles. The van der Waals surface area contributed by atoms with Crippen molar-refractivity contribution in [2.24, 2.45) is 29.4 Å². The minimum absolute atomic E-state index is 0.0293. The van der Waals surface area contributed by atoms with Crippen LogP contribution in [0.25, 0.3) is 0 Å². The molecule has 27 heavy (non-hydrogen) atoms. The van der Waals surface area contributed by atoms with E-state index >= 15 is 0 Å². The van der Waals surface area contributed by atoms with Crippen molar-refractivity contribution in [1.29, 1.82) is 0 Å². The van der Waals surface area contributed by atoms with Gasteiger partial charge >= 0.3 is 0 Å². The van der Waals surface area contributed by atoms with Gasteiger partial charge in [-0.25, -0.2) is 0 Å². The molecule has 2 fully saturated rings. The summed E-state index contributed by atoms with van der Waals surface area (Å²) in [6.45, 7) is 8.75. The van der Waals surface area contributed by atoms with Crippen LogP contribution in [-0.4, -0.2) is 19.0 Å². The molecule has 1 aromatic rings. The van der Waals surface area contributed by atoms with Crippen molar-refractivity contribution in [2.75, 3.05) is 6.61 Å². The molecule has 1 aromatic carbocycles. The Bertz CT molecular complexity index is 615. The van der Waals surface area contributed by atoms with Crippen LogP contribution < -0.4 is 15.6 Å². The third-order valence-electron chi connectivity index (χ3n) is 6.50. The highest BCUT2D eigenvalue weighted by Crippen LogP contribution is 2.43. The Morgan fingerprint density at radius 1 is 1.26 bits per heavy atom. The monoisotopic (exact) mass is 372 g/mol. The highest BCUT2D eigenvalue weighted by atomic mass is 16.6. The largest absolute Gasteiger partial charge is 0.821 e. The van der Waals surface area contributed by atoms with Crippen LogP contribution in [0.15, 0.2) is 36.5 Å². The number of nitrogens with two attached hydrogens (primary N) is 1. The maximum Gasteiger partial charge on any atom is 0.117 e. The Balaban J connectivity index is 1.61. The quantitative estimate of drug-likeness (QED) is 0.774. The van der Waals surface area contributed by atoms with E-state index in [9.17, 15) is 5.11 Å². The van der Waals surface area contributed by atoms with E-state index in [1.807, 2.05) is 24.3 Å². The lowest BCUT2D eigenvalue weighted by Crippen LogP contribution is -2.46. The molecule has 1 saturated carbocycles. The van der Waals surface area contributed by atoms with E-state index in [0.717, 1.165) is 25.0 Å². The standard InChI is InChI=1S/C23H34NO3/c1-15(24)13-18-8-11-20(12-9-18)27-23(25)17(3)21-6-4-5-19-10-7-16(2)26-14-22(19)21/h8-9,11-12,16-17,19,21-23H,1,4-7,10,13-14,24H2,2-3H3/q-1/t16?,17-,19-,21+,22?,23-/m1/s1. The molecule has 3 rings (SSSR count). The summed E-state index contributed by atoms with van der Waals surface area (Å²) in [5, 5.41) is 12.9. The summed E-state index contributed by atoms with van der Waals surface area (Å²) >= 11 is 0. The Morgan fingerprint density at radius 3 is 2.70 bits per heavy atom. The van der Waals surface area contributed by atoms with E-state index in [4.69, 9.17) is 15.2 Å². The zero-order valence-corrected chi connectivity index (χ0v) is 16.7. The number of hydrogen-bond donors (Lipinski definition) is 1. The molecule has 2 N–H and O–H groups in total. The van der Waals surface area contributed by atoms with Gasteiger partial charge in [-0.3, -0.25) is 0 Å². The summed E-state index contributed by atoms with van der Waals surface area (Å²) in [5.74, 6) is 2.18. The van der Waals surface area contributed by atoms with Crippen LogP contribution >= 0.6 is 0 Å². The molecule has 0 aromatic heterocycles. The molecule has 0 amide bonds. The summed E-state index contributed by atoms with van der Waals surface area (Å²) in [6.07, 6.45) is 5.91. The molecule has 2 aliphatic rings. The zero-order chi connectivity index (χ0) is 19.4. The van der Waals surface area contributed by atoms with Gasteiger partial charge in [-0.05, 0) is 67.6 Å². The fourth-order valence-corrected chi connectivity index (χ4v) is 4.86. The lowest BCUT2D eigenvalue weighted by Gasteiger charge is -2.44. The summed E-state index contributed by atoms with van der Waals surface area (Å²) in [7, 11) is 0. The van der Waals surface area contributed by atoms with Crippen molar-refractivity contribution >= 4 is 0 Å². The first-order valence-corrected chi connectivity index (χ1v) is 10.4. The molecule has 1 heterocycles. The van der Waals surface area contributed by atoms with Crippen molar-refractivity contribution in [3.8, 4) is 5.75 Å². The maximum absolute atomic E-state index is 12.9. The molecule has 4 heteroatoms. The number of fused-ring (bicyclic) bond motifs is 1. The predicted molar refractivity (Wildman–Crippen MR) is 106 cm³/mol. The van der Waals surface area contributed by atoms with Gasteiger partial charge < -0.3 is 20.3 Å². The topological polar surface area (TPSA) is 67.5 Å². The molecular weight excluding hydrogens is 338 g/mol.